The summed E-state index contributed by atoms with van der Waals surface area (Å²) in [6, 6.07) is 21.6. The van der Waals surface area contributed by atoms with Crippen molar-refractivity contribution >= 4 is 17.2 Å². The molecule has 3 atom stereocenters. The molecule has 1 aliphatic rings. The number of fused-ring (bicyclic) bond motifs is 1. The molecule has 2 aromatic heterocycles. The lowest BCUT2D eigenvalue weighted by Crippen LogP contribution is -2.23. The third-order valence-electron chi connectivity index (χ3n) is 7.28. The van der Waals surface area contributed by atoms with Gasteiger partial charge < -0.3 is 24.6 Å². The number of hydrogen-bond donors (Lipinski definition) is 3. The highest BCUT2D eigenvalue weighted by Gasteiger charge is 2.39. The highest BCUT2D eigenvalue weighted by molar-refractivity contribution is 5.85. The summed E-state index contributed by atoms with van der Waals surface area (Å²) in [6.45, 7) is 3.81. The number of nitrogens with zero attached hydrogens (tertiary/aromatic N) is 1. The maximum atomic E-state index is 11.4. The van der Waals surface area contributed by atoms with Crippen LogP contribution in [0.5, 0.6) is 11.5 Å². The lowest BCUT2D eigenvalue weighted by atomic mass is 9.91. The Kier molecular flexibility index (Phi) is 5.27. The van der Waals surface area contributed by atoms with E-state index >= 15 is 0 Å². The van der Waals surface area contributed by atoms with Crippen LogP contribution in [-0.4, -0.2) is 26.3 Å². The quantitative estimate of drug-likeness (QED) is 0.243. The van der Waals surface area contributed by atoms with Gasteiger partial charge in [-0.25, -0.2) is 4.98 Å². The van der Waals surface area contributed by atoms with Gasteiger partial charge in [-0.05, 0) is 67.6 Å². The van der Waals surface area contributed by atoms with E-state index in [1.807, 2.05) is 79.9 Å². The van der Waals surface area contributed by atoms with E-state index in [1.165, 1.54) is 0 Å². The number of nitrogens with one attached hydrogen (secondary N) is 2. The largest absolute Gasteiger partial charge is 0.457 e. The fourth-order valence-electron chi connectivity index (χ4n) is 4.90. The second kappa shape index (κ2) is 8.50. The second-order valence-electron chi connectivity index (χ2n) is 9.74. The van der Waals surface area contributed by atoms with E-state index in [-0.39, 0.29) is 11.8 Å². The van der Waals surface area contributed by atoms with Crippen molar-refractivity contribution in [3.63, 3.8) is 0 Å². The fraction of sp³-hybridized carbons (Fsp3) is 0.200. The summed E-state index contributed by atoms with van der Waals surface area (Å²) < 4.78 is 6.22. The number of hydrogen-bond acceptors (Lipinski definition) is 4. The molecule has 2 heterocycles. The summed E-state index contributed by atoms with van der Waals surface area (Å²) in [5.41, 5.74) is 4.19. The number of carbonyl (C=O) groups excluding carboxylic acids is 1. The average molecular weight is 478 g/mol. The molecular weight excluding hydrogens is 450 g/mol. The van der Waals surface area contributed by atoms with Crippen LogP contribution in [0.2, 0.25) is 0 Å². The minimum atomic E-state index is -1.26. The number of carbonyl (C=O) groups is 1. The molecule has 1 aliphatic carbocycles. The molecule has 0 aliphatic heterocycles. The van der Waals surface area contributed by atoms with Crippen LogP contribution in [0.25, 0.3) is 22.3 Å². The molecule has 6 rings (SSSR count). The van der Waals surface area contributed by atoms with E-state index in [9.17, 15) is 9.90 Å². The Morgan fingerprint density at radius 3 is 2.81 bits per heavy atom. The lowest BCUT2D eigenvalue weighted by molar-refractivity contribution is -0.108. The molecule has 0 amide bonds. The van der Waals surface area contributed by atoms with Crippen molar-refractivity contribution in [1.29, 1.82) is 0 Å². The number of aliphatic hydroxyl groups is 1. The number of rotatable bonds is 7. The first-order valence-electron chi connectivity index (χ1n) is 12.1. The Bertz CT molecular complexity index is 1580. The van der Waals surface area contributed by atoms with Crippen molar-refractivity contribution in [3.8, 4) is 22.9 Å². The molecule has 3 N–H and O–H groups in total. The zero-order chi connectivity index (χ0) is 24.9. The molecule has 0 bridgehead atoms. The molecule has 0 saturated heterocycles. The maximum absolute atomic E-state index is 11.4. The Balaban J connectivity index is 1.26. The molecule has 36 heavy (non-hydrogen) atoms. The van der Waals surface area contributed by atoms with E-state index in [0.717, 1.165) is 51.6 Å². The second-order valence-corrected chi connectivity index (χ2v) is 9.74. The summed E-state index contributed by atoms with van der Waals surface area (Å²) in [4.78, 5) is 22.2. The summed E-state index contributed by atoms with van der Waals surface area (Å²) >= 11 is 0. The predicted octanol–water partition coefficient (Wildman–Crippen LogP) is 6.22. The first-order valence-corrected chi connectivity index (χ1v) is 12.1. The Morgan fingerprint density at radius 2 is 1.97 bits per heavy atom. The van der Waals surface area contributed by atoms with Crippen LogP contribution in [0.4, 0.5) is 0 Å². The van der Waals surface area contributed by atoms with Gasteiger partial charge in [0.05, 0.1) is 11.9 Å². The fourth-order valence-corrected chi connectivity index (χ4v) is 4.90. The van der Waals surface area contributed by atoms with Gasteiger partial charge in [-0.2, -0.15) is 0 Å². The summed E-state index contributed by atoms with van der Waals surface area (Å²) in [7, 11) is 0. The minimum absolute atomic E-state index is 0.0900. The van der Waals surface area contributed by atoms with Gasteiger partial charge in [0.25, 0.3) is 0 Å². The maximum Gasteiger partial charge on any atom is 0.137 e. The van der Waals surface area contributed by atoms with Crippen LogP contribution < -0.4 is 4.74 Å². The molecule has 1 fully saturated rings. The van der Waals surface area contributed by atoms with E-state index < -0.39 is 5.60 Å². The third kappa shape index (κ3) is 3.89. The number of aromatic nitrogens is 3. The number of ether oxygens (including phenoxy) is 1. The van der Waals surface area contributed by atoms with Crippen molar-refractivity contribution in [3.05, 3.63) is 102 Å². The Labute approximate surface area is 209 Å². The summed E-state index contributed by atoms with van der Waals surface area (Å²) in [5.74, 6) is 2.49. The molecule has 6 heteroatoms. The van der Waals surface area contributed by atoms with Crippen molar-refractivity contribution in [1.82, 2.24) is 15.0 Å². The van der Waals surface area contributed by atoms with E-state index in [2.05, 4.69) is 15.0 Å². The number of aromatic amines is 2. The van der Waals surface area contributed by atoms with E-state index in [0.29, 0.717) is 17.3 Å². The van der Waals surface area contributed by atoms with Gasteiger partial charge in [-0.3, -0.25) is 0 Å². The molecule has 3 aromatic carbocycles. The number of aldehydes is 1. The van der Waals surface area contributed by atoms with Gasteiger partial charge in [-0.15, -0.1) is 0 Å². The first-order chi connectivity index (χ1) is 17.4. The van der Waals surface area contributed by atoms with Crippen molar-refractivity contribution in [2.45, 2.75) is 31.8 Å². The van der Waals surface area contributed by atoms with Gasteiger partial charge in [0.2, 0.25) is 0 Å². The molecule has 6 nitrogen and oxygen atoms in total. The zero-order valence-corrected chi connectivity index (χ0v) is 20.2. The van der Waals surface area contributed by atoms with Crippen LogP contribution in [0, 0.1) is 12.8 Å². The van der Waals surface area contributed by atoms with Gasteiger partial charge in [0.1, 0.15) is 29.2 Å². The van der Waals surface area contributed by atoms with Crippen molar-refractivity contribution < 1.29 is 14.6 Å². The topological polar surface area (TPSA) is 91.0 Å². The predicted molar refractivity (Wildman–Crippen MR) is 139 cm³/mol. The Morgan fingerprint density at radius 1 is 1.11 bits per heavy atom. The standard InChI is InChI=1S/C30H27N3O3/c1-18-24-11-12-31-26(24)9-10-27(18)36-23-8-4-6-20(14-23)29-32-16-28(33-29)30(2,35)22-7-3-5-19(13-22)25-15-21(25)17-34/h3-14,16-17,21,25,31,35H,15H2,1-2H3,(H,32,33). The van der Waals surface area contributed by atoms with E-state index in [4.69, 9.17) is 4.74 Å². The smallest absolute Gasteiger partial charge is 0.137 e. The van der Waals surface area contributed by atoms with Crippen molar-refractivity contribution in [2.75, 3.05) is 0 Å². The van der Waals surface area contributed by atoms with Crippen LogP contribution in [0.1, 0.15) is 41.6 Å². The highest BCUT2D eigenvalue weighted by Crippen LogP contribution is 2.46. The normalized spacial score (nSPS) is 18.6. The number of imidazole rings is 1. The van der Waals surface area contributed by atoms with Gasteiger partial charge in [-0.1, -0.05) is 36.4 Å². The molecule has 3 unspecified atom stereocenters. The highest BCUT2D eigenvalue weighted by atomic mass is 16.5. The molecule has 0 spiro atoms. The lowest BCUT2D eigenvalue weighted by Gasteiger charge is -2.23. The van der Waals surface area contributed by atoms with Gasteiger partial charge >= 0.3 is 0 Å². The third-order valence-corrected chi connectivity index (χ3v) is 7.28. The van der Waals surface area contributed by atoms with Gasteiger partial charge in [0.15, 0.2) is 0 Å². The molecule has 1 saturated carbocycles. The van der Waals surface area contributed by atoms with Crippen LogP contribution in [-0.2, 0) is 10.4 Å². The Hall–Kier alpha value is -4.16. The van der Waals surface area contributed by atoms with Crippen molar-refractivity contribution in [2.24, 2.45) is 5.92 Å². The molecule has 180 valence electrons. The molecular formula is C30H27N3O3. The van der Waals surface area contributed by atoms with E-state index in [1.54, 1.807) is 13.1 Å². The molecule has 0 radical (unpaired) electrons. The first kappa shape index (κ1) is 22.3. The minimum Gasteiger partial charge on any atom is -0.457 e. The number of aryl methyl sites for hydroxylation is 1. The monoisotopic (exact) mass is 477 g/mol. The van der Waals surface area contributed by atoms with Crippen LogP contribution >= 0.6 is 0 Å². The summed E-state index contributed by atoms with van der Waals surface area (Å²) in [6.07, 6.45) is 5.50. The average Bonchev–Trinajstić information content (AvgIpc) is 3.26. The SMILES string of the molecule is Cc1c(Oc2cccc(-c3ncc(C(C)(O)c4cccc(C5CC5C=O)c4)[nH]3)c2)ccc2[nH]ccc12. The summed E-state index contributed by atoms with van der Waals surface area (Å²) in [5, 5.41) is 12.6. The molecule has 5 aromatic rings. The van der Waals surface area contributed by atoms with Crippen LogP contribution in [0.15, 0.2) is 79.1 Å². The van der Waals surface area contributed by atoms with Crippen LogP contribution in [0.3, 0.4) is 0 Å². The van der Waals surface area contributed by atoms with Gasteiger partial charge in [0, 0.05) is 34.1 Å². The number of H-pyrrole nitrogens is 2. The zero-order valence-electron chi connectivity index (χ0n) is 20.2. The number of benzene rings is 3.